The molecule has 0 aromatic carbocycles. The SMILES string of the molecule is CNC(=O)c1ccc(NCC#Cc2nc3c(N[C@@H]4CCN(C)C[C@@H]4F)cccn3c2SC(F)(F)F)nc1. The molecule has 0 bridgehead atoms. The van der Waals surface area contributed by atoms with E-state index >= 15 is 0 Å². The van der Waals surface area contributed by atoms with Crippen molar-refractivity contribution in [2.45, 2.75) is 29.2 Å². The molecule has 1 saturated heterocycles. The third-order valence-electron chi connectivity index (χ3n) is 5.72. The van der Waals surface area contributed by atoms with Crippen molar-refractivity contribution in [2.24, 2.45) is 0 Å². The highest BCUT2D eigenvalue weighted by molar-refractivity contribution is 8.00. The monoisotopic (exact) mass is 535 g/mol. The van der Waals surface area contributed by atoms with Gasteiger partial charge < -0.3 is 20.9 Å². The zero-order valence-corrected chi connectivity index (χ0v) is 20.9. The predicted molar refractivity (Wildman–Crippen MR) is 135 cm³/mol. The van der Waals surface area contributed by atoms with E-state index in [1.54, 1.807) is 24.3 Å². The summed E-state index contributed by atoms with van der Waals surface area (Å²) in [6.07, 6.45) is 2.31. The first-order valence-electron chi connectivity index (χ1n) is 11.4. The van der Waals surface area contributed by atoms with E-state index < -0.39 is 17.7 Å². The Bertz CT molecular complexity index is 1320. The number of pyridine rings is 2. The molecule has 2 atom stereocenters. The number of nitrogens with one attached hydrogen (secondary N) is 3. The van der Waals surface area contributed by atoms with Crippen LogP contribution in [0, 0.1) is 11.8 Å². The standard InChI is InChI=1S/C24H25F4N7OS/c1-29-22(36)15-7-8-20(31-13-15)30-10-3-5-19-23(37-24(26,27)28)35-11-4-6-18(21(35)33-19)32-17-9-12-34(2)14-16(17)25/h4,6-8,11,13,16-17,32H,9-10,12,14H2,1-2H3,(H,29,36)(H,30,31)/t16-,17+/m0/s1. The Labute approximate surface area is 215 Å². The van der Waals surface area contributed by atoms with Crippen molar-refractivity contribution < 1.29 is 22.4 Å². The summed E-state index contributed by atoms with van der Waals surface area (Å²) in [5.74, 6) is 5.67. The van der Waals surface area contributed by atoms with E-state index in [1.807, 2.05) is 11.9 Å². The fourth-order valence-corrected chi connectivity index (χ4v) is 4.56. The van der Waals surface area contributed by atoms with Gasteiger partial charge in [0.2, 0.25) is 0 Å². The number of hydrogen-bond acceptors (Lipinski definition) is 7. The molecule has 1 fully saturated rings. The van der Waals surface area contributed by atoms with Crippen LogP contribution in [0.25, 0.3) is 5.65 Å². The fraction of sp³-hybridized carbons (Fsp3) is 0.375. The molecular weight excluding hydrogens is 510 g/mol. The average Bonchev–Trinajstić information content (AvgIpc) is 3.20. The maximum absolute atomic E-state index is 14.6. The van der Waals surface area contributed by atoms with Gasteiger partial charge in [0.1, 0.15) is 22.7 Å². The zero-order valence-electron chi connectivity index (χ0n) is 20.1. The van der Waals surface area contributed by atoms with Gasteiger partial charge in [0.15, 0.2) is 5.65 Å². The third-order valence-corrected chi connectivity index (χ3v) is 6.54. The third kappa shape index (κ3) is 6.64. The number of halogens is 4. The molecular formula is C24H25F4N7OS. The van der Waals surface area contributed by atoms with Crippen LogP contribution >= 0.6 is 11.8 Å². The molecule has 3 aromatic rings. The topological polar surface area (TPSA) is 86.6 Å². The van der Waals surface area contributed by atoms with Crippen LogP contribution in [-0.4, -0.2) is 76.6 Å². The number of imidazole rings is 1. The van der Waals surface area contributed by atoms with Gasteiger partial charge in [-0.25, -0.2) is 14.4 Å². The molecule has 1 amide bonds. The number of thioether (sulfide) groups is 1. The minimum atomic E-state index is -4.55. The van der Waals surface area contributed by atoms with Gasteiger partial charge in [0, 0.05) is 44.3 Å². The fourth-order valence-electron chi connectivity index (χ4n) is 3.91. The number of alkyl halides is 4. The van der Waals surface area contributed by atoms with Crippen molar-refractivity contribution in [1.82, 2.24) is 24.6 Å². The van der Waals surface area contributed by atoms with Crippen LogP contribution in [0.3, 0.4) is 0 Å². The molecule has 0 aliphatic carbocycles. The summed E-state index contributed by atoms with van der Waals surface area (Å²) in [5.41, 5.74) is -3.52. The van der Waals surface area contributed by atoms with Gasteiger partial charge in [0.25, 0.3) is 5.91 Å². The van der Waals surface area contributed by atoms with Crippen LogP contribution in [0.15, 0.2) is 41.7 Å². The summed E-state index contributed by atoms with van der Waals surface area (Å²) in [6.45, 7) is 1.07. The number of carbonyl (C=O) groups excluding carboxylic acids is 1. The lowest BCUT2D eigenvalue weighted by atomic mass is 10.0. The minimum absolute atomic E-state index is 0.0403. The number of hydrogen-bond donors (Lipinski definition) is 3. The summed E-state index contributed by atoms with van der Waals surface area (Å²) in [5, 5.41) is 8.39. The molecule has 0 spiro atoms. The molecule has 4 heterocycles. The van der Waals surface area contributed by atoms with E-state index in [9.17, 15) is 22.4 Å². The maximum Gasteiger partial charge on any atom is 0.447 e. The van der Waals surface area contributed by atoms with Crippen molar-refractivity contribution in [2.75, 3.05) is 44.4 Å². The summed E-state index contributed by atoms with van der Waals surface area (Å²) in [7, 11) is 3.36. The highest BCUT2D eigenvalue weighted by Crippen LogP contribution is 2.39. The lowest BCUT2D eigenvalue weighted by molar-refractivity contribution is -0.0330. The van der Waals surface area contributed by atoms with Crippen LogP contribution in [0.4, 0.5) is 29.1 Å². The smallest absolute Gasteiger partial charge is 0.376 e. The predicted octanol–water partition coefficient (Wildman–Crippen LogP) is 3.62. The molecule has 1 aliphatic rings. The molecule has 37 heavy (non-hydrogen) atoms. The van der Waals surface area contributed by atoms with Crippen LogP contribution in [-0.2, 0) is 0 Å². The first-order chi connectivity index (χ1) is 17.6. The van der Waals surface area contributed by atoms with Gasteiger partial charge in [-0.1, -0.05) is 5.92 Å². The highest BCUT2D eigenvalue weighted by atomic mass is 32.2. The number of likely N-dealkylation sites (tertiary alicyclic amines) is 1. The number of rotatable bonds is 6. The Morgan fingerprint density at radius 3 is 2.78 bits per heavy atom. The molecule has 196 valence electrons. The molecule has 4 rings (SSSR count). The maximum atomic E-state index is 14.6. The van der Waals surface area contributed by atoms with Gasteiger partial charge in [-0.15, -0.1) is 0 Å². The van der Waals surface area contributed by atoms with Crippen molar-refractivity contribution >= 4 is 34.8 Å². The molecule has 8 nitrogen and oxygen atoms in total. The summed E-state index contributed by atoms with van der Waals surface area (Å²) < 4.78 is 56.0. The van der Waals surface area contributed by atoms with E-state index in [0.717, 1.165) is 0 Å². The summed E-state index contributed by atoms with van der Waals surface area (Å²) in [6, 6.07) is 5.97. The first kappa shape index (κ1) is 26.6. The number of aromatic nitrogens is 3. The number of carbonyl (C=O) groups is 1. The number of fused-ring (bicyclic) bond motifs is 1. The largest absolute Gasteiger partial charge is 0.447 e. The van der Waals surface area contributed by atoms with Gasteiger partial charge >= 0.3 is 5.51 Å². The van der Waals surface area contributed by atoms with Crippen molar-refractivity contribution in [3.8, 4) is 11.8 Å². The van der Waals surface area contributed by atoms with Crippen LogP contribution in [0.1, 0.15) is 22.5 Å². The number of amides is 1. The van der Waals surface area contributed by atoms with Crippen molar-refractivity contribution in [3.05, 3.63) is 47.9 Å². The molecule has 1 aliphatic heterocycles. The molecule has 0 radical (unpaired) electrons. The second-order valence-electron chi connectivity index (χ2n) is 8.41. The van der Waals surface area contributed by atoms with Gasteiger partial charge in [0.05, 0.1) is 23.8 Å². The minimum Gasteiger partial charge on any atom is -0.376 e. The molecule has 0 unspecified atom stereocenters. The van der Waals surface area contributed by atoms with E-state index in [-0.39, 0.29) is 47.1 Å². The molecule has 13 heteroatoms. The van der Waals surface area contributed by atoms with Gasteiger partial charge in [-0.05, 0) is 43.7 Å². The average molecular weight is 536 g/mol. The van der Waals surface area contributed by atoms with Gasteiger partial charge in [-0.2, -0.15) is 13.2 Å². The Kier molecular flexibility index (Phi) is 8.09. The van der Waals surface area contributed by atoms with Crippen LogP contribution < -0.4 is 16.0 Å². The second kappa shape index (κ2) is 11.3. The van der Waals surface area contributed by atoms with E-state index in [0.29, 0.717) is 30.0 Å². The quantitative estimate of drug-likeness (QED) is 0.253. The Morgan fingerprint density at radius 2 is 2.11 bits per heavy atom. The Morgan fingerprint density at radius 1 is 1.30 bits per heavy atom. The molecule has 3 N–H and O–H groups in total. The Balaban J connectivity index is 1.56. The number of nitrogens with zero attached hydrogens (tertiary/aromatic N) is 4. The normalized spacial score (nSPS) is 18.2. The first-order valence-corrected chi connectivity index (χ1v) is 12.2. The van der Waals surface area contributed by atoms with Crippen molar-refractivity contribution in [1.29, 1.82) is 0 Å². The van der Waals surface area contributed by atoms with Gasteiger partial charge in [-0.3, -0.25) is 9.20 Å². The van der Waals surface area contributed by atoms with Crippen LogP contribution in [0.2, 0.25) is 0 Å². The van der Waals surface area contributed by atoms with E-state index in [2.05, 4.69) is 37.8 Å². The molecule has 3 aromatic heterocycles. The Hall–Kier alpha value is -3.50. The van der Waals surface area contributed by atoms with Crippen molar-refractivity contribution in [3.63, 3.8) is 0 Å². The summed E-state index contributed by atoms with van der Waals surface area (Å²) >= 11 is -0.301. The number of piperidine rings is 1. The number of anilines is 2. The lowest BCUT2D eigenvalue weighted by Crippen LogP contribution is -2.46. The second-order valence-corrected chi connectivity index (χ2v) is 9.47. The van der Waals surface area contributed by atoms with Crippen LogP contribution in [0.5, 0.6) is 0 Å². The zero-order chi connectivity index (χ0) is 26.6. The highest BCUT2D eigenvalue weighted by Gasteiger charge is 2.33. The molecule has 0 saturated carbocycles. The summed E-state index contributed by atoms with van der Waals surface area (Å²) in [4.78, 5) is 22.0. The van der Waals surface area contributed by atoms with E-state index in [4.69, 9.17) is 0 Å². The lowest BCUT2D eigenvalue weighted by Gasteiger charge is -2.33. The van der Waals surface area contributed by atoms with E-state index in [1.165, 1.54) is 23.8 Å².